The predicted octanol–water partition coefficient (Wildman–Crippen LogP) is 0.791. The number of hydrogen-bond donors (Lipinski definition) is 1. The molecule has 0 aromatic heterocycles. The molecular formula is C8H13NO2S. The van der Waals surface area contributed by atoms with E-state index in [1.165, 1.54) is 11.8 Å². The number of nitrogens with one attached hydrogen (secondary N) is 1. The van der Waals surface area contributed by atoms with Crippen molar-refractivity contribution in [3.63, 3.8) is 0 Å². The van der Waals surface area contributed by atoms with Crippen molar-refractivity contribution in [2.75, 3.05) is 6.26 Å². The van der Waals surface area contributed by atoms with E-state index in [2.05, 4.69) is 5.32 Å². The van der Waals surface area contributed by atoms with Gasteiger partial charge >= 0.3 is 0 Å². The molecule has 2 amide bonds. The lowest BCUT2D eigenvalue weighted by atomic mass is 9.81. The van der Waals surface area contributed by atoms with Crippen molar-refractivity contribution in [1.82, 2.24) is 5.32 Å². The van der Waals surface area contributed by atoms with Gasteiger partial charge in [0.15, 0.2) is 0 Å². The monoisotopic (exact) mass is 187 g/mol. The van der Waals surface area contributed by atoms with Crippen LogP contribution in [0.3, 0.4) is 0 Å². The molecule has 68 valence electrons. The maximum absolute atomic E-state index is 11.4. The lowest BCUT2D eigenvalue weighted by Crippen LogP contribution is -2.41. The summed E-state index contributed by atoms with van der Waals surface area (Å²) in [5, 5.41) is 2.35. The van der Waals surface area contributed by atoms with E-state index in [4.69, 9.17) is 0 Å². The molecule has 1 unspecified atom stereocenters. The van der Waals surface area contributed by atoms with Gasteiger partial charge in [0.05, 0.1) is 5.41 Å². The van der Waals surface area contributed by atoms with Crippen molar-refractivity contribution in [1.29, 1.82) is 0 Å². The number of rotatable bonds is 1. The number of imide groups is 1. The molecule has 0 aliphatic carbocycles. The first-order valence-electron chi connectivity index (χ1n) is 3.77. The molecule has 1 aliphatic heterocycles. The summed E-state index contributed by atoms with van der Waals surface area (Å²) in [5.74, 6) is -0.352. The van der Waals surface area contributed by atoms with Crippen LogP contribution in [0.2, 0.25) is 0 Å². The van der Waals surface area contributed by atoms with Crippen molar-refractivity contribution < 1.29 is 9.59 Å². The average molecular weight is 187 g/mol. The summed E-state index contributed by atoms with van der Waals surface area (Å²) in [6.07, 6.45) is 1.85. The molecular weight excluding hydrogens is 174 g/mol. The van der Waals surface area contributed by atoms with Crippen LogP contribution >= 0.6 is 11.8 Å². The van der Waals surface area contributed by atoms with Crippen LogP contribution in [0, 0.1) is 5.41 Å². The fourth-order valence-corrected chi connectivity index (χ4v) is 2.07. The van der Waals surface area contributed by atoms with E-state index < -0.39 is 10.2 Å². The zero-order valence-corrected chi connectivity index (χ0v) is 8.54. The Morgan fingerprint density at radius 1 is 1.17 bits per heavy atom. The van der Waals surface area contributed by atoms with E-state index >= 15 is 0 Å². The molecule has 4 heteroatoms. The molecule has 0 spiro atoms. The number of thioether (sulfide) groups is 1. The predicted molar refractivity (Wildman–Crippen MR) is 48.9 cm³/mol. The van der Waals surface area contributed by atoms with Gasteiger partial charge in [0.2, 0.25) is 11.8 Å². The summed E-state index contributed by atoms with van der Waals surface area (Å²) < 4.78 is -0.621. The minimum atomic E-state index is -0.621. The lowest BCUT2D eigenvalue weighted by Gasteiger charge is -2.30. The topological polar surface area (TPSA) is 46.2 Å². The van der Waals surface area contributed by atoms with Gasteiger partial charge in [0, 0.05) is 0 Å². The number of carbonyl (C=O) groups is 2. The standard InChI is InChI=1S/C8H13NO2S/c1-7(2)5(10)9-6(11)8(7,3)12-4/h1-4H3,(H,9,10,11). The Bertz CT molecular complexity index is 249. The highest BCUT2D eigenvalue weighted by Crippen LogP contribution is 2.44. The van der Waals surface area contributed by atoms with Crippen molar-refractivity contribution in [3.05, 3.63) is 0 Å². The maximum atomic E-state index is 11.4. The molecule has 0 aromatic rings. The summed E-state index contributed by atoms with van der Waals surface area (Å²) in [7, 11) is 0. The molecule has 0 bridgehead atoms. The van der Waals surface area contributed by atoms with Crippen LogP contribution in [-0.2, 0) is 9.59 Å². The fraction of sp³-hybridized carbons (Fsp3) is 0.750. The van der Waals surface area contributed by atoms with Crippen LogP contribution < -0.4 is 5.32 Å². The minimum absolute atomic E-state index is 0.176. The molecule has 1 rings (SSSR count). The van der Waals surface area contributed by atoms with E-state index in [-0.39, 0.29) is 11.8 Å². The third kappa shape index (κ3) is 0.905. The second-order valence-corrected chi connectivity index (χ2v) is 4.87. The first kappa shape index (κ1) is 9.58. The molecule has 1 aliphatic rings. The SMILES string of the molecule is CSC1(C)C(=O)NC(=O)C1(C)C. The normalized spacial score (nSPS) is 33.7. The zero-order valence-electron chi connectivity index (χ0n) is 7.72. The van der Waals surface area contributed by atoms with E-state index in [1.807, 2.05) is 6.26 Å². The average Bonchev–Trinajstić information content (AvgIpc) is 2.14. The maximum Gasteiger partial charge on any atom is 0.243 e. The quantitative estimate of drug-likeness (QED) is 0.617. The molecule has 0 aromatic carbocycles. The third-order valence-electron chi connectivity index (χ3n) is 2.83. The molecule has 12 heavy (non-hydrogen) atoms. The summed E-state index contributed by atoms with van der Waals surface area (Å²) in [5.41, 5.74) is -0.608. The molecule has 3 nitrogen and oxygen atoms in total. The summed E-state index contributed by atoms with van der Waals surface area (Å²) in [4.78, 5) is 22.7. The van der Waals surface area contributed by atoms with Crippen molar-refractivity contribution in [2.45, 2.75) is 25.5 Å². The van der Waals surface area contributed by atoms with Crippen molar-refractivity contribution in [3.8, 4) is 0 Å². The van der Waals surface area contributed by atoms with E-state index in [1.54, 1.807) is 20.8 Å². The Morgan fingerprint density at radius 2 is 1.67 bits per heavy atom. The summed E-state index contributed by atoms with van der Waals surface area (Å²) in [6, 6.07) is 0. The van der Waals surface area contributed by atoms with E-state index in [9.17, 15) is 9.59 Å². The van der Waals surface area contributed by atoms with Gasteiger partial charge < -0.3 is 0 Å². The third-order valence-corrected chi connectivity index (χ3v) is 4.34. The van der Waals surface area contributed by atoms with Crippen LogP contribution in [0.25, 0.3) is 0 Å². The van der Waals surface area contributed by atoms with Gasteiger partial charge in [-0.1, -0.05) is 0 Å². The van der Waals surface area contributed by atoms with Gasteiger partial charge in [-0.3, -0.25) is 14.9 Å². The molecule has 1 heterocycles. The fourth-order valence-electron chi connectivity index (χ4n) is 1.23. The van der Waals surface area contributed by atoms with Crippen LogP contribution in [-0.4, -0.2) is 22.8 Å². The zero-order chi connectivity index (χ0) is 9.57. The molecule has 1 N–H and O–H groups in total. The minimum Gasteiger partial charge on any atom is -0.295 e. The second-order valence-electron chi connectivity index (χ2n) is 3.65. The highest BCUT2D eigenvalue weighted by atomic mass is 32.2. The van der Waals surface area contributed by atoms with Crippen LogP contribution in [0.5, 0.6) is 0 Å². The van der Waals surface area contributed by atoms with Gasteiger partial charge in [-0.15, -0.1) is 11.8 Å². The van der Waals surface area contributed by atoms with Gasteiger partial charge in [-0.2, -0.15) is 0 Å². The molecule has 0 saturated carbocycles. The highest BCUT2D eigenvalue weighted by Gasteiger charge is 2.57. The number of carbonyl (C=O) groups excluding carboxylic acids is 2. The Labute approximate surface area is 76.3 Å². The van der Waals surface area contributed by atoms with Crippen LogP contribution in [0.1, 0.15) is 20.8 Å². The van der Waals surface area contributed by atoms with Crippen LogP contribution in [0.4, 0.5) is 0 Å². The summed E-state index contributed by atoms with van der Waals surface area (Å²) >= 11 is 1.42. The lowest BCUT2D eigenvalue weighted by molar-refractivity contribution is -0.127. The van der Waals surface area contributed by atoms with Gasteiger partial charge in [0.1, 0.15) is 4.75 Å². The number of hydrogen-bond acceptors (Lipinski definition) is 3. The first-order chi connectivity index (χ1) is 5.36. The van der Waals surface area contributed by atoms with E-state index in [0.717, 1.165) is 0 Å². The van der Waals surface area contributed by atoms with Crippen LogP contribution in [0.15, 0.2) is 0 Å². The first-order valence-corrected chi connectivity index (χ1v) is 5.00. The Balaban J connectivity index is 3.15. The smallest absolute Gasteiger partial charge is 0.243 e. The Hall–Kier alpha value is -0.510. The molecule has 1 saturated heterocycles. The van der Waals surface area contributed by atoms with Crippen molar-refractivity contribution in [2.24, 2.45) is 5.41 Å². The van der Waals surface area contributed by atoms with Gasteiger partial charge in [-0.25, -0.2) is 0 Å². The van der Waals surface area contributed by atoms with Gasteiger partial charge in [-0.05, 0) is 27.0 Å². The largest absolute Gasteiger partial charge is 0.295 e. The Morgan fingerprint density at radius 3 is 1.83 bits per heavy atom. The molecule has 1 fully saturated rings. The second kappa shape index (κ2) is 2.49. The van der Waals surface area contributed by atoms with Crippen molar-refractivity contribution >= 4 is 23.6 Å². The molecule has 0 radical (unpaired) electrons. The molecule has 1 atom stereocenters. The number of amides is 2. The summed E-state index contributed by atoms with van der Waals surface area (Å²) in [6.45, 7) is 5.39. The Kier molecular flexibility index (Phi) is 1.98. The van der Waals surface area contributed by atoms with E-state index in [0.29, 0.717) is 0 Å². The highest BCUT2D eigenvalue weighted by molar-refractivity contribution is 8.00. The van der Waals surface area contributed by atoms with Gasteiger partial charge in [0.25, 0.3) is 0 Å².